The Hall–Kier alpha value is -4.59. The van der Waals surface area contributed by atoms with Crippen LogP contribution >= 0.6 is 23.2 Å². The van der Waals surface area contributed by atoms with Crippen molar-refractivity contribution in [2.75, 3.05) is 7.11 Å². The molecule has 9 heteroatoms. The summed E-state index contributed by atoms with van der Waals surface area (Å²) in [5.74, 6) is -0.108. The van der Waals surface area contributed by atoms with E-state index in [1.165, 1.54) is 6.21 Å². The summed E-state index contributed by atoms with van der Waals surface area (Å²) in [5, 5.41) is 5.67. The van der Waals surface area contributed by atoms with Gasteiger partial charge in [0.05, 0.1) is 29.4 Å². The Labute approximate surface area is 234 Å². The smallest absolute Gasteiger partial charge is 0.343 e. The number of halogens is 2. The van der Waals surface area contributed by atoms with Crippen LogP contribution in [0.1, 0.15) is 26.4 Å². The number of aromatic nitrogens is 1. The summed E-state index contributed by atoms with van der Waals surface area (Å²) in [6.07, 6.45) is 1.41. The second kappa shape index (κ2) is 11.4. The molecule has 0 radical (unpaired) electrons. The van der Waals surface area contributed by atoms with Crippen LogP contribution in [0, 0.1) is 0 Å². The highest BCUT2D eigenvalue weighted by Gasteiger charge is 2.21. The molecule has 0 saturated heterocycles. The second-order valence-electron chi connectivity index (χ2n) is 8.41. The van der Waals surface area contributed by atoms with Crippen LogP contribution in [0.25, 0.3) is 22.0 Å². The first-order valence-corrected chi connectivity index (χ1v) is 12.5. The van der Waals surface area contributed by atoms with E-state index in [9.17, 15) is 9.59 Å². The number of ether oxygens (including phenoxy) is 2. The molecule has 0 spiro atoms. The molecule has 0 saturated carbocycles. The van der Waals surface area contributed by atoms with Crippen molar-refractivity contribution in [1.29, 1.82) is 0 Å². The lowest BCUT2D eigenvalue weighted by Gasteiger charge is -2.08. The summed E-state index contributed by atoms with van der Waals surface area (Å²) in [6.45, 7) is 0. The van der Waals surface area contributed by atoms with Crippen LogP contribution in [0.2, 0.25) is 10.0 Å². The van der Waals surface area contributed by atoms with Crippen molar-refractivity contribution in [2.24, 2.45) is 5.10 Å². The molecule has 0 fully saturated rings. The van der Waals surface area contributed by atoms with Gasteiger partial charge in [0, 0.05) is 21.5 Å². The minimum absolute atomic E-state index is 0.275. The molecule has 1 heterocycles. The van der Waals surface area contributed by atoms with Gasteiger partial charge in [0.2, 0.25) is 0 Å². The second-order valence-corrected chi connectivity index (χ2v) is 9.25. The fourth-order valence-electron chi connectivity index (χ4n) is 4.08. The molecular formula is C30H21Cl2N3O4. The summed E-state index contributed by atoms with van der Waals surface area (Å²) in [5.41, 5.74) is 5.73. The summed E-state index contributed by atoms with van der Waals surface area (Å²) >= 11 is 12.7. The number of carbonyl (C=O) groups is 2. The zero-order valence-electron chi connectivity index (χ0n) is 20.6. The first kappa shape index (κ1) is 26.0. The maximum absolute atomic E-state index is 13.3. The largest absolute Gasteiger partial charge is 0.497 e. The maximum atomic E-state index is 13.3. The molecule has 5 aromatic rings. The number of H-pyrrole nitrogens is 1. The molecule has 0 atom stereocenters. The number of hydrogen-bond acceptors (Lipinski definition) is 5. The van der Waals surface area contributed by atoms with Gasteiger partial charge in [-0.05, 0) is 54.1 Å². The van der Waals surface area contributed by atoms with Crippen molar-refractivity contribution in [1.82, 2.24) is 10.4 Å². The fourth-order valence-corrected chi connectivity index (χ4v) is 4.62. The average Bonchev–Trinajstić information content (AvgIpc) is 3.34. The van der Waals surface area contributed by atoms with Crippen LogP contribution in [0.4, 0.5) is 0 Å². The molecular weight excluding hydrogens is 537 g/mol. The maximum Gasteiger partial charge on any atom is 0.343 e. The normalized spacial score (nSPS) is 11.1. The first-order valence-electron chi connectivity index (χ1n) is 11.8. The van der Waals surface area contributed by atoms with E-state index in [0.717, 1.165) is 5.56 Å². The van der Waals surface area contributed by atoms with E-state index in [2.05, 4.69) is 15.5 Å². The van der Waals surface area contributed by atoms with Crippen LogP contribution in [0.5, 0.6) is 11.5 Å². The van der Waals surface area contributed by atoms with Gasteiger partial charge in [-0.15, -0.1) is 0 Å². The average molecular weight is 558 g/mol. The monoisotopic (exact) mass is 557 g/mol. The number of para-hydroxylation sites is 1. The van der Waals surface area contributed by atoms with E-state index in [1.807, 2.05) is 30.3 Å². The number of fused-ring (bicyclic) bond motifs is 1. The molecule has 1 aromatic heterocycles. The van der Waals surface area contributed by atoms with Crippen molar-refractivity contribution < 1.29 is 19.1 Å². The van der Waals surface area contributed by atoms with E-state index >= 15 is 0 Å². The third kappa shape index (κ3) is 5.65. The number of amides is 1. The van der Waals surface area contributed by atoms with E-state index in [0.29, 0.717) is 43.4 Å². The lowest BCUT2D eigenvalue weighted by atomic mass is 10.0. The van der Waals surface area contributed by atoms with Gasteiger partial charge < -0.3 is 14.5 Å². The van der Waals surface area contributed by atoms with Crippen molar-refractivity contribution in [3.05, 3.63) is 118 Å². The number of hydrogen-bond donors (Lipinski definition) is 2. The van der Waals surface area contributed by atoms with Gasteiger partial charge in [-0.25, -0.2) is 10.2 Å². The molecule has 39 heavy (non-hydrogen) atoms. The number of rotatable bonds is 7. The van der Waals surface area contributed by atoms with Gasteiger partial charge >= 0.3 is 5.97 Å². The highest BCUT2D eigenvalue weighted by Crippen LogP contribution is 2.37. The predicted octanol–water partition coefficient (Wildman–Crippen LogP) is 7.13. The topological polar surface area (TPSA) is 92.8 Å². The molecule has 0 bridgehead atoms. The Morgan fingerprint density at radius 3 is 2.38 bits per heavy atom. The Bertz CT molecular complexity index is 1700. The van der Waals surface area contributed by atoms with Crippen LogP contribution in [0.3, 0.4) is 0 Å². The lowest BCUT2D eigenvalue weighted by molar-refractivity contribution is 0.0734. The Morgan fingerprint density at radius 2 is 1.64 bits per heavy atom. The van der Waals surface area contributed by atoms with Crippen LogP contribution in [-0.4, -0.2) is 30.2 Å². The van der Waals surface area contributed by atoms with E-state index in [-0.39, 0.29) is 11.4 Å². The number of methoxy groups -OCH3 is 1. The summed E-state index contributed by atoms with van der Waals surface area (Å²) in [6, 6.07) is 26.2. The van der Waals surface area contributed by atoms with Crippen LogP contribution in [0.15, 0.2) is 96.1 Å². The van der Waals surface area contributed by atoms with Gasteiger partial charge in [0.1, 0.15) is 17.2 Å². The molecule has 5 rings (SSSR count). The van der Waals surface area contributed by atoms with Crippen molar-refractivity contribution in [3.63, 3.8) is 0 Å². The number of nitrogens with zero attached hydrogens (tertiary/aromatic N) is 1. The molecule has 7 nitrogen and oxygen atoms in total. The van der Waals surface area contributed by atoms with Gasteiger partial charge in [-0.1, -0.05) is 65.7 Å². The zero-order chi connectivity index (χ0) is 27.4. The van der Waals surface area contributed by atoms with Crippen LogP contribution < -0.4 is 14.9 Å². The van der Waals surface area contributed by atoms with Gasteiger partial charge in [-0.3, -0.25) is 4.79 Å². The van der Waals surface area contributed by atoms with Crippen molar-refractivity contribution in [3.8, 4) is 22.6 Å². The van der Waals surface area contributed by atoms with Gasteiger partial charge in [-0.2, -0.15) is 5.10 Å². The summed E-state index contributed by atoms with van der Waals surface area (Å²) in [4.78, 5) is 29.0. The molecule has 1 amide bonds. The lowest BCUT2D eigenvalue weighted by Crippen LogP contribution is -2.19. The molecule has 2 N–H and O–H groups in total. The zero-order valence-corrected chi connectivity index (χ0v) is 22.1. The quantitative estimate of drug-likeness (QED) is 0.0962. The van der Waals surface area contributed by atoms with E-state index in [4.69, 9.17) is 32.7 Å². The number of hydrazone groups is 1. The molecule has 0 aliphatic heterocycles. The number of nitrogens with one attached hydrogen (secondary N) is 2. The van der Waals surface area contributed by atoms with Crippen LogP contribution in [-0.2, 0) is 0 Å². The fraction of sp³-hybridized carbons (Fsp3) is 0.0333. The Kier molecular flexibility index (Phi) is 7.63. The number of aromatic amines is 1. The van der Waals surface area contributed by atoms with Gasteiger partial charge in [0.25, 0.3) is 5.91 Å². The SMILES string of the molecule is COc1ccc(C(=O)Oc2ccccc2C=NNC(=O)c2[nH]c3c(Cl)cc(Cl)cc3c2-c2ccccc2)cc1. The van der Waals surface area contributed by atoms with Crippen molar-refractivity contribution >= 4 is 52.2 Å². The summed E-state index contributed by atoms with van der Waals surface area (Å²) in [7, 11) is 1.55. The Balaban J connectivity index is 1.39. The Morgan fingerprint density at radius 1 is 0.923 bits per heavy atom. The number of esters is 1. The minimum atomic E-state index is -0.538. The van der Waals surface area contributed by atoms with E-state index in [1.54, 1.807) is 67.8 Å². The molecule has 4 aromatic carbocycles. The molecule has 0 aliphatic carbocycles. The predicted molar refractivity (Wildman–Crippen MR) is 153 cm³/mol. The minimum Gasteiger partial charge on any atom is -0.497 e. The number of benzene rings is 4. The third-order valence-electron chi connectivity index (χ3n) is 5.93. The molecule has 0 aliphatic rings. The summed E-state index contributed by atoms with van der Waals surface area (Å²) < 4.78 is 10.7. The third-order valence-corrected chi connectivity index (χ3v) is 6.45. The number of carbonyl (C=O) groups excluding carboxylic acids is 2. The molecule has 0 unspecified atom stereocenters. The highest BCUT2D eigenvalue weighted by atomic mass is 35.5. The van der Waals surface area contributed by atoms with E-state index < -0.39 is 11.9 Å². The molecule has 194 valence electrons. The van der Waals surface area contributed by atoms with Crippen molar-refractivity contribution in [2.45, 2.75) is 0 Å². The first-order chi connectivity index (χ1) is 18.9. The highest BCUT2D eigenvalue weighted by molar-refractivity contribution is 6.39. The standard InChI is InChI=1S/C30H21Cl2N3O4/c1-38-22-13-11-19(12-14-22)30(37)39-25-10-6-5-9-20(25)17-33-35-29(36)28-26(18-7-3-2-4-8-18)23-15-21(31)16-24(32)27(23)34-28/h2-17,34H,1H3,(H,35,36). The van der Waals surface area contributed by atoms with Gasteiger partial charge in [0.15, 0.2) is 0 Å².